The standard InChI is InChI=1S/C13H16FN3O/c1-4-13(3,15)12-16-11(17-18-12)10-6-5-9(14)7-8(10)2/h5-7H,4,15H2,1-3H3. The first-order valence-electron chi connectivity index (χ1n) is 5.83. The first-order valence-corrected chi connectivity index (χ1v) is 5.83. The molecule has 0 fully saturated rings. The molecule has 1 unspecified atom stereocenters. The predicted molar refractivity (Wildman–Crippen MR) is 66.3 cm³/mol. The van der Waals surface area contributed by atoms with Gasteiger partial charge in [-0.1, -0.05) is 12.1 Å². The summed E-state index contributed by atoms with van der Waals surface area (Å²) in [5, 5.41) is 3.90. The minimum atomic E-state index is -0.640. The zero-order valence-corrected chi connectivity index (χ0v) is 10.7. The van der Waals surface area contributed by atoms with E-state index in [9.17, 15) is 4.39 Å². The number of halogens is 1. The minimum Gasteiger partial charge on any atom is -0.337 e. The molecule has 1 atom stereocenters. The third kappa shape index (κ3) is 2.26. The van der Waals surface area contributed by atoms with Crippen LogP contribution in [-0.4, -0.2) is 10.1 Å². The second-order valence-corrected chi connectivity index (χ2v) is 4.65. The van der Waals surface area contributed by atoms with E-state index in [0.29, 0.717) is 18.1 Å². The van der Waals surface area contributed by atoms with Crippen LogP contribution in [0.25, 0.3) is 11.4 Å². The van der Waals surface area contributed by atoms with Gasteiger partial charge in [0.05, 0.1) is 5.54 Å². The van der Waals surface area contributed by atoms with Gasteiger partial charge in [0.15, 0.2) is 0 Å². The summed E-state index contributed by atoms with van der Waals surface area (Å²) in [6.07, 6.45) is 0.692. The summed E-state index contributed by atoms with van der Waals surface area (Å²) in [4.78, 5) is 4.29. The molecule has 1 aromatic carbocycles. The summed E-state index contributed by atoms with van der Waals surface area (Å²) in [6, 6.07) is 4.45. The van der Waals surface area contributed by atoms with E-state index >= 15 is 0 Å². The van der Waals surface area contributed by atoms with Gasteiger partial charge in [-0.2, -0.15) is 4.98 Å². The Balaban J connectivity index is 2.41. The van der Waals surface area contributed by atoms with E-state index in [1.807, 2.05) is 13.8 Å². The molecule has 0 saturated heterocycles. The number of hydrogen-bond donors (Lipinski definition) is 1. The van der Waals surface area contributed by atoms with Gasteiger partial charge >= 0.3 is 0 Å². The second-order valence-electron chi connectivity index (χ2n) is 4.65. The molecule has 18 heavy (non-hydrogen) atoms. The van der Waals surface area contributed by atoms with Gasteiger partial charge in [-0.25, -0.2) is 4.39 Å². The van der Waals surface area contributed by atoms with Crippen molar-refractivity contribution in [3.8, 4) is 11.4 Å². The average molecular weight is 249 g/mol. The molecule has 1 aromatic heterocycles. The SMILES string of the molecule is CCC(C)(N)c1nc(-c2ccc(F)cc2C)no1. The maximum absolute atomic E-state index is 13.0. The van der Waals surface area contributed by atoms with Crippen molar-refractivity contribution >= 4 is 0 Å². The fourth-order valence-electron chi connectivity index (χ4n) is 1.59. The highest BCUT2D eigenvalue weighted by Gasteiger charge is 2.26. The Morgan fingerprint density at radius 1 is 1.44 bits per heavy atom. The van der Waals surface area contributed by atoms with Crippen LogP contribution in [0, 0.1) is 12.7 Å². The van der Waals surface area contributed by atoms with E-state index in [4.69, 9.17) is 10.3 Å². The zero-order chi connectivity index (χ0) is 13.3. The lowest BCUT2D eigenvalue weighted by atomic mass is 10.0. The minimum absolute atomic E-state index is 0.280. The van der Waals surface area contributed by atoms with E-state index in [0.717, 1.165) is 11.1 Å². The summed E-state index contributed by atoms with van der Waals surface area (Å²) in [6.45, 7) is 5.59. The van der Waals surface area contributed by atoms with E-state index < -0.39 is 5.54 Å². The third-order valence-corrected chi connectivity index (χ3v) is 3.08. The Morgan fingerprint density at radius 3 is 2.78 bits per heavy atom. The molecule has 1 heterocycles. The Morgan fingerprint density at radius 2 is 2.17 bits per heavy atom. The van der Waals surface area contributed by atoms with Crippen LogP contribution in [-0.2, 0) is 5.54 Å². The summed E-state index contributed by atoms with van der Waals surface area (Å²) in [7, 11) is 0. The van der Waals surface area contributed by atoms with Crippen molar-refractivity contribution in [1.82, 2.24) is 10.1 Å². The van der Waals surface area contributed by atoms with Crippen LogP contribution in [0.1, 0.15) is 31.7 Å². The number of nitrogens with two attached hydrogens (primary N) is 1. The number of aryl methyl sites for hydroxylation is 1. The van der Waals surface area contributed by atoms with Crippen molar-refractivity contribution in [3.63, 3.8) is 0 Å². The lowest BCUT2D eigenvalue weighted by Crippen LogP contribution is -2.32. The zero-order valence-electron chi connectivity index (χ0n) is 10.7. The average Bonchev–Trinajstić information content (AvgIpc) is 2.79. The molecule has 5 heteroatoms. The molecule has 2 rings (SSSR count). The van der Waals surface area contributed by atoms with Crippen LogP contribution < -0.4 is 5.73 Å². The number of nitrogens with zero attached hydrogens (tertiary/aromatic N) is 2. The van der Waals surface area contributed by atoms with Gasteiger partial charge in [0.2, 0.25) is 11.7 Å². The smallest absolute Gasteiger partial charge is 0.246 e. The van der Waals surface area contributed by atoms with E-state index in [1.165, 1.54) is 12.1 Å². The third-order valence-electron chi connectivity index (χ3n) is 3.08. The predicted octanol–water partition coefficient (Wildman–Crippen LogP) is 2.77. The van der Waals surface area contributed by atoms with Crippen LogP contribution in [0.15, 0.2) is 22.7 Å². The molecule has 2 N–H and O–H groups in total. The van der Waals surface area contributed by atoms with Gasteiger partial charge in [-0.05, 0) is 44.0 Å². The first-order chi connectivity index (χ1) is 8.44. The molecule has 0 saturated carbocycles. The van der Waals surface area contributed by atoms with Crippen molar-refractivity contribution in [2.24, 2.45) is 5.73 Å². The fraction of sp³-hybridized carbons (Fsp3) is 0.385. The summed E-state index contributed by atoms with van der Waals surface area (Å²) in [5.74, 6) is 0.550. The van der Waals surface area contributed by atoms with Crippen molar-refractivity contribution in [2.45, 2.75) is 32.7 Å². The molecule has 0 radical (unpaired) electrons. The molecule has 2 aromatic rings. The normalized spacial score (nSPS) is 14.5. The van der Waals surface area contributed by atoms with Gasteiger partial charge < -0.3 is 10.3 Å². The Kier molecular flexibility index (Phi) is 3.17. The lowest BCUT2D eigenvalue weighted by molar-refractivity contribution is 0.291. The number of rotatable bonds is 3. The number of aromatic nitrogens is 2. The van der Waals surface area contributed by atoms with Crippen molar-refractivity contribution in [1.29, 1.82) is 0 Å². The molecular weight excluding hydrogens is 233 g/mol. The maximum atomic E-state index is 13.0. The molecule has 0 amide bonds. The van der Waals surface area contributed by atoms with Gasteiger partial charge in [-0.15, -0.1) is 0 Å². The van der Waals surface area contributed by atoms with Crippen molar-refractivity contribution in [3.05, 3.63) is 35.5 Å². The quantitative estimate of drug-likeness (QED) is 0.908. The molecule has 0 bridgehead atoms. The fourth-order valence-corrected chi connectivity index (χ4v) is 1.59. The second kappa shape index (κ2) is 4.49. The molecule has 0 spiro atoms. The molecule has 96 valence electrons. The van der Waals surface area contributed by atoms with Crippen LogP contribution in [0.3, 0.4) is 0 Å². The molecule has 4 nitrogen and oxygen atoms in total. The monoisotopic (exact) mass is 249 g/mol. The summed E-state index contributed by atoms with van der Waals surface area (Å²) in [5.41, 5.74) is 6.91. The highest BCUT2D eigenvalue weighted by atomic mass is 19.1. The maximum Gasteiger partial charge on any atom is 0.246 e. The van der Waals surface area contributed by atoms with Crippen molar-refractivity contribution < 1.29 is 8.91 Å². The van der Waals surface area contributed by atoms with Gasteiger partial charge in [0, 0.05) is 5.56 Å². The topological polar surface area (TPSA) is 64.9 Å². The van der Waals surface area contributed by atoms with Gasteiger partial charge in [0.25, 0.3) is 0 Å². The van der Waals surface area contributed by atoms with Crippen LogP contribution in [0.5, 0.6) is 0 Å². The summed E-state index contributed by atoms with van der Waals surface area (Å²) >= 11 is 0. The van der Waals surface area contributed by atoms with E-state index in [1.54, 1.807) is 13.0 Å². The lowest BCUT2D eigenvalue weighted by Gasteiger charge is -2.16. The largest absolute Gasteiger partial charge is 0.337 e. The van der Waals surface area contributed by atoms with Gasteiger partial charge in [-0.3, -0.25) is 0 Å². The Hall–Kier alpha value is -1.75. The van der Waals surface area contributed by atoms with Gasteiger partial charge in [0.1, 0.15) is 5.82 Å². The van der Waals surface area contributed by atoms with Crippen LogP contribution in [0.4, 0.5) is 4.39 Å². The summed E-state index contributed by atoms with van der Waals surface area (Å²) < 4.78 is 18.2. The molecule has 0 aliphatic rings. The van der Waals surface area contributed by atoms with Crippen molar-refractivity contribution in [2.75, 3.05) is 0 Å². The van der Waals surface area contributed by atoms with E-state index in [-0.39, 0.29) is 5.82 Å². The van der Waals surface area contributed by atoms with Crippen LogP contribution >= 0.6 is 0 Å². The highest BCUT2D eigenvalue weighted by Crippen LogP contribution is 2.25. The number of benzene rings is 1. The van der Waals surface area contributed by atoms with Crippen LogP contribution in [0.2, 0.25) is 0 Å². The highest BCUT2D eigenvalue weighted by molar-refractivity contribution is 5.59. The molecular formula is C13H16FN3O. The molecule has 0 aliphatic heterocycles. The first kappa shape index (κ1) is 12.7. The number of hydrogen-bond acceptors (Lipinski definition) is 4. The van der Waals surface area contributed by atoms with E-state index in [2.05, 4.69) is 10.1 Å². The Bertz CT molecular complexity index is 563. The molecule has 0 aliphatic carbocycles. The Labute approximate surface area is 105 Å².